The molecule has 0 atom stereocenters. The van der Waals surface area contributed by atoms with Crippen LogP contribution < -0.4 is 10.6 Å². The van der Waals surface area contributed by atoms with Crippen LogP contribution in [-0.2, 0) is 0 Å². The Labute approximate surface area is 286 Å². The van der Waals surface area contributed by atoms with Crippen LogP contribution in [0.2, 0.25) is 0 Å². The summed E-state index contributed by atoms with van der Waals surface area (Å²) in [6.45, 7) is 1.13. The summed E-state index contributed by atoms with van der Waals surface area (Å²) in [5, 5.41) is 5.63. The predicted octanol–water partition coefficient (Wildman–Crippen LogP) is 8.27. The van der Waals surface area contributed by atoms with Crippen molar-refractivity contribution in [1.82, 2.24) is 20.6 Å². The number of nitrogens with one attached hydrogen (secondary N) is 2. The maximum Gasteiger partial charge on any atom is 0.387 e. The minimum Gasteiger partial charge on any atom is -0.352 e. The van der Waals surface area contributed by atoms with Crippen LogP contribution in [-0.4, -0.2) is 78.3 Å². The van der Waals surface area contributed by atoms with Gasteiger partial charge in [0.15, 0.2) is 0 Å². The fourth-order valence-corrected chi connectivity index (χ4v) is 3.67. The van der Waals surface area contributed by atoms with Gasteiger partial charge in [-0.25, -0.2) is 0 Å². The minimum atomic E-state index is -8.33. The van der Waals surface area contributed by atoms with Gasteiger partial charge in [0.05, 0.1) is 11.1 Å². The number of pyridine rings is 2. The van der Waals surface area contributed by atoms with Crippen molar-refractivity contribution < 1.29 is 79.8 Å². The van der Waals surface area contributed by atoms with Crippen LogP contribution in [0.3, 0.4) is 0 Å². The summed E-state index contributed by atoms with van der Waals surface area (Å²) in [6, 6.07) is 6.89. The van der Waals surface area contributed by atoms with Gasteiger partial charge in [-0.05, 0) is 37.1 Å². The van der Waals surface area contributed by atoms with Crippen LogP contribution >= 0.6 is 45.2 Å². The van der Waals surface area contributed by atoms with Crippen LogP contribution in [0.1, 0.15) is 33.6 Å². The number of alkyl halides is 18. The van der Waals surface area contributed by atoms with Crippen molar-refractivity contribution in [2.24, 2.45) is 0 Å². The summed E-state index contributed by atoms with van der Waals surface area (Å²) in [6.07, 6.45) is 7.90. The van der Waals surface area contributed by atoms with Crippen molar-refractivity contribution in [1.29, 1.82) is 0 Å². The van der Waals surface area contributed by atoms with Gasteiger partial charge in [0, 0.05) is 83.1 Å². The van der Waals surface area contributed by atoms with E-state index in [9.17, 15) is 79.8 Å². The highest BCUT2D eigenvalue weighted by atomic mass is 127. The zero-order chi connectivity index (χ0) is 37.6. The van der Waals surface area contributed by atoms with Crippen molar-refractivity contribution in [2.45, 2.75) is 56.2 Å². The molecule has 0 fully saturated rings. The van der Waals surface area contributed by atoms with Crippen LogP contribution in [0.5, 0.6) is 0 Å². The lowest BCUT2D eigenvalue weighted by Gasteiger charge is -2.42. The largest absolute Gasteiger partial charge is 0.387 e. The molecule has 0 aliphatic heterocycles. The Balaban J connectivity index is 0.000000485. The van der Waals surface area contributed by atoms with E-state index >= 15 is 0 Å². The Kier molecular flexibility index (Phi) is 14.2. The first-order valence-corrected chi connectivity index (χ1v) is 14.4. The molecule has 2 heterocycles. The lowest BCUT2D eigenvalue weighted by Crippen LogP contribution is -2.73. The van der Waals surface area contributed by atoms with E-state index in [1.807, 2.05) is 0 Å². The number of nitrogens with zero attached hydrogens (tertiary/aromatic N) is 2. The molecule has 0 unspecified atom stereocenters. The Bertz CT molecular complexity index is 1260. The highest BCUT2D eigenvalue weighted by Gasteiger charge is 2.94. The zero-order valence-corrected chi connectivity index (χ0v) is 27.3. The molecule has 2 amide bonds. The van der Waals surface area contributed by atoms with Crippen molar-refractivity contribution in [2.75, 3.05) is 13.1 Å². The molecule has 0 spiro atoms. The van der Waals surface area contributed by atoms with Crippen LogP contribution in [0.4, 0.5) is 70.2 Å². The number of hydrogen-bond donors (Lipinski definition) is 2. The summed E-state index contributed by atoms with van der Waals surface area (Å²) < 4.78 is 192. The zero-order valence-electron chi connectivity index (χ0n) is 23.0. The number of carbonyl (C=O) groups excluding carboxylic acids is 2. The van der Waals surface area contributed by atoms with Crippen LogP contribution in [0.15, 0.2) is 49.1 Å². The molecule has 0 saturated heterocycles. The second-order valence-corrected chi connectivity index (χ2v) is 11.9. The molecule has 2 aromatic heterocycles. The average molecular weight is 952 g/mol. The van der Waals surface area contributed by atoms with E-state index in [1.165, 1.54) is 12.4 Å². The molecular weight excluding hydrogens is 934 g/mol. The van der Waals surface area contributed by atoms with Gasteiger partial charge in [-0.3, -0.25) is 19.6 Å². The van der Waals surface area contributed by atoms with E-state index in [2.05, 4.69) is 20.6 Å². The molecule has 2 rings (SSSR count). The summed E-state index contributed by atoms with van der Waals surface area (Å²) in [5.41, 5.74) is 1.10. The van der Waals surface area contributed by atoms with E-state index in [1.54, 1.807) is 36.7 Å². The van der Waals surface area contributed by atoms with Gasteiger partial charge in [0.2, 0.25) is 0 Å². The highest BCUT2D eigenvalue weighted by molar-refractivity contribution is 14.1. The van der Waals surface area contributed by atoms with Crippen molar-refractivity contribution >= 4 is 57.0 Å². The molecule has 2 aromatic rings. The van der Waals surface area contributed by atoms with E-state index in [0.29, 0.717) is 24.2 Å². The van der Waals surface area contributed by atoms with E-state index in [-0.39, 0.29) is 11.8 Å². The first-order valence-electron chi connectivity index (χ1n) is 12.3. The van der Waals surface area contributed by atoms with Crippen molar-refractivity contribution in [3.05, 3.63) is 60.2 Å². The van der Waals surface area contributed by atoms with Gasteiger partial charge in [-0.2, -0.15) is 70.2 Å². The molecule has 0 radical (unpaired) electrons. The second-order valence-electron chi connectivity index (χ2n) is 9.14. The fourth-order valence-electron chi connectivity index (χ4n) is 3.00. The third-order valence-corrected chi connectivity index (χ3v) is 7.06. The van der Waals surface area contributed by atoms with Gasteiger partial charge >= 0.3 is 43.4 Å². The number of rotatable bonds is 14. The quantitative estimate of drug-likeness (QED) is 0.0866. The normalized spacial score (nSPS) is 13.7. The van der Waals surface area contributed by atoms with Gasteiger partial charge < -0.3 is 10.6 Å². The number of halogens is 18. The Morgan fingerprint density at radius 3 is 1.02 bits per heavy atom. The number of hydrogen-bond acceptors (Lipinski definition) is 4. The lowest BCUT2D eigenvalue weighted by atomic mass is 9.91. The molecule has 272 valence electrons. The molecule has 2 N–H and O–H groups in total. The molecule has 0 aromatic carbocycles. The SMILES string of the molecule is FC(F)(I)C(F)(F)C(F)(F)C(F)(F)C(F)(F)C(F)(F)C(F)(F)C(F)(F)I.O=C(NCCCCNC(=O)c1cccnc1)c1cccnc1. The van der Waals surface area contributed by atoms with Crippen LogP contribution in [0.25, 0.3) is 0 Å². The maximum atomic E-state index is 13.0. The Morgan fingerprint density at radius 1 is 0.521 bits per heavy atom. The molecule has 24 heteroatoms. The first-order chi connectivity index (χ1) is 21.5. The molecule has 48 heavy (non-hydrogen) atoms. The average Bonchev–Trinajstić information content (AvgIpc) is 2.98. The van der Waals surface area contributed by atoms with Gasteiger partial charge in [-0.1, -0.05) is 0 Å². The summed E-state index contributed by atoms with van der Waals surface area (Å²) in [5.74, 6) is -48.0. The maximum absolute atomic E-state index is 13.0. The smallest absolute Gasteiger partial charge is 0.352 e. The highest BCUT2D eigenvalue weighted by Crippen LogP contribution is 2.65. The molecule has 0 bridgehead atoms. The third kappa shape index (κ3) is 9.02. The molecular formula is C24H18F16I2N4O2. The van der Waals surface area contributed by atoms with E-state index in [0.717, 1.165) is 12.8 Å². The molecule has 6 nitrogen and oxygen atoms in total. The second kappa shape index (κ2) is 15.6. The number of carbonyl (C=O) groups is 2. The predicted molar refractivity (Wildman–Crippen MR) is 150 cm³/mol. The monoisotopic (exact) mass is 952 g/mol. The standard InChI is InChI=1S/C16H18N4O2.C8F16I2/c21-15(13-5-3-7-17-11-13)19-9-1-2-10-20-16(22)14-6-4-8-18-12-14;9-1(10,3(13,14)5(17,18)7(21,22)25)2(11,12)4(15,16)6(19,20)8(23,24)26/h3-8,11-12H,1-2,9-10H2,(H,19,21)(H,20,22);. The van der Waals surface area contributed by atoms with E-state index < -0.39 is 88.6 Å². The Morgan fingerprint density at radius 2 is 0.792 bits per heavy atom. The van der Waals surface area contributed by atoms with Gasteiger partial charge in [-0.15, -0.1) is 0 Å². The number of aromatic nitrogens is 2. The summed E-state index contributed by atoms with van der Waals surface area (Å²) in [4.78, 5) is 31.3. The number of unbranched alkanes of at least 4 members (excludes halogenated alkanes) is 1. The van der Waals surface area contributed by atoms with Crippen LogP contribution in [0, 0.1) is 0 Å². The topological polar surface area (TPSA) is 84.0 Å². The van der Waals surface area contributed by atoms with Gasteiger partial charge in [0.1, 0.15) is 0 Å². The lowest BCUT2D eigenvalue weighted by molar-refractivity contribution is -0.441. The third-order valence-electron chi connectivity index (χ3n) is 5.71. The van der Waals surface area contributed by atoms with E-state index in [4.69, 9.17) is 0 Å². The Hall–Kier alpha value is -2.42. The van der Waals surface area contributed by atoms with Crippen molar-refractivity contribution in [3.8, 4) is 0 Å². The minimum absolute atomic E-state index is 0.132. The molecule has 0 aliphatic carbocycles. The summed E-state index contributed by atoms with van der Waals surface area (Å²) >= 11 is -1.87. The first kappa shape index (κ1) is 43.6. The van der Waals surface area contributed by atoms with Crippen molar-refractivity contribution in [3.63, 3.8) is 0 Å². The summed E-state index contributed by atoms with van der Waals surface area (Å²) in [7, 11) is 0. The fraction of sp³-hybridized carbons (Fsp3) is 0.500. The molecule has 0 saturated carbocycles. The molecule has 0 aliphatic rings. The number of amides is 2. The van der Waals surface area contributed by atoms with Gasteiger partial charge in [0.25, 0.3) is 11.8 Å².